The molecule has 0 saturated carbocycles. The van der Waals surface area contributed by atoms with Gasteiger partial charge in [-0.1, -0.05) is 39.5 Å². The van der Waals surface area contributed by atoms with Gasteiger partial charge in [-0.2, -0.15) is 0 Å². The molecule has 0 heterocycles. The molecule has 0 rings (SSSR count). The lowest BCUT2D eigenvalue weighted by atomic mass is 9.94. The third-order valence-electron chi connectivity index (χ3n) is 2.68. The van der Waals surface area contributed by atoms with Crippen molar-refractivity contribution in [1.82, 2.24) is 0 Å². The Morgan fingerprint density at radius 2 is 1.79 bits per heavy atom. The number of unbranched alkanes of at least 4 members (excludes halogenated alkanes) is 1. The van der Waals surface area contributed by atoms with Gasteiger partial charge in [-0.05, 0) is 18.8 Å². The molecule has 86 valence electrons. The van der Waals surface area contributed by atoms with Crippen molar-refractivity contribution in [3.63, 3.8) is 0 Å². The lowest BCUT2D eigenvalue weighted by molar-refractivity contribution is 0.0872. The predicted octanol–water partition coefficient (Wildman–Crippen LogP) is 2.99. The van der Waals surface area contributed by atoms with Crippen LogP contribution in [0, 0.1) is 5.92 Å². The summed E-state index contributed by atoms with van der Waals surface area (Å²) in [6.07, 6.45) is 7.74. The molecule has 0 aliphatic heterocycles. The fourth-order valence-corrected chi connectivity index (χ4v) is 1.69. The van der Waals surface area contributed by atoms with Crippen molar-refractivity contribution in [2.24, 2.45) is 5.92 Å². The zero-order valence-electron chi connectivity index (χ0n) is 9.80. The lowest BCUT2D eigenvalue weighted by Crippen LogP contribution is -2.04. The quantitative estimate of drug-likeness (QED) is 0.552. The molecule has 1 unspecified atom stereocenters. The molecule has 1 N–H and O–H groups in total. The van der Waals surface area contributed by atoms with E-state index in [0.717, 1.165) is 18.9 Å². The minimum Gasteiger partial charge on any atom is -0.394 e. The van der Waals surface area contributed by atoms with Crippen molar-refractivity contribution in [2.45, 2.75) is 52.4 Å². The third kappa shape index (κ3) is 8.52. The van der Waals surface area contributed by atoms with Gasteiger partial charge in [0.1, 0.15) is 0 Å². The number of ether oxygens (including phenoxy) is 1. The Labute approximate surface area is 88.7 Å². The van der Waals surface area contributed by atoms with Crippen LogP contribution in [0.5, 0.6) is 0 Å². The van der Waals surface area contributed by atoms with E-state index in [9.17, 15) is 0 Å². The van der Waals surface area contributed by atoms with E-state index in [0.29, 0.717) is 6.61 Å². The second-order valence-corrected chi connectivity index (χ2v) is 3.89. The number of rotatable bonds is 10. The summed E-state index contributed by atoms with van der Waals surface area (Å²) in [4.78, 5) is 0. The van der Waals surface area contributed by atoms with Crippen LogP contribution in [0.3, 0.4) is 0 Å². The normalized spacial score (nSPS) is 13.1. The smallest absolute Gasteiger partial charge is 0.0697 e. The minimum absolute atomic E-state index is 0.146. The van der Waals surface area contributed by atoms with Crippen molar-refractivity contribution in [3.05, 3.63) is 0 Å². The molecule has 14 heavy (non-hydrogen) atoms. The molecule has 0 spiro atoms. The molecule has 0 amide bonds. The van der Waals surface area contributed by atoms with Crippen molar-refractivity contribution in [1.29, 1.82) is 0 Å². The number of hydrogen-bond acceptors (Lipinski definition) is 2. The zero-order chi connectivity index (χ0) is 10.6. The van der Waals surface area contributed by atoms with Crippen LogP contribution in [0.4, 0.5) is 0 Å². The summed E-state index contributed by atoms with van der Waals surface area (Å²) < 4.78 is 5.23. The topological polar surface area (TPSA) is 29.5 Å². The third-order valence-corrected chi connectivity index (χ3v) is 2.68. The summed E-state index contributed by atoms with van der Waals surface area (Å²) in [5.74, 6) is 0.882. The maximum absolute atomic E-state index is 8.51. The summed E-state index contributed by atoms with van der Waals surface area (Å²) in [5.41, 5.74) is 0. The van der Waals surface area contributed by atoms with E-state index in [1.165, 1.54) is 32.1 Å². The Hall–Kier alpha value is -0.0800. The molecule has 1 atom stereocenters. The molecule has 0 aromatic rings. The molecule has 0 bridgehead atoms. The van der Waals surface area contributed by atoms with Gasteiger partial charge >= 0.3 is 0 Å². The first-order valence-electron chi connectivity index (χ1n) is 6.03. The highest BCUT2D eigenvalue weighted by Crippen LogP contribution is 2.18. The van der Waals surface area contributed by atoms with E-state index < -0.39 is 0 Å². The lowest BCUT2D eigenvalue weighted by Gasteiger charge is -2.13. The van der Waals surface area contributed by atoms with Gasteiger partial charge in [0, 0.05) is 6.61 Å². The maximum Gasteiger partial charge on any atom is 0.0697 e. The Kier molecular flexibility index (Phi) is 10.9. The standard InChI is InChI=1S/C12H26O2/c1-3-5-7-12(4-2)8-6-10-14-11-9-13/h12-13H,3-11H2,1-2H3. The highest BCUT2D eigenvalue weighted by Gasteiger charge is 2.04. The van der Waals surface area contributed by atoms with E-state index in [1.807, 2.05) is 0 Å². The van der Waals surface area contributed by atoms with E-state index in [2.05, 4.69) is 13.8 Å². The SMILES string of the molecule is CCCCC(CC)CCCOCCO. The van der Waals surface area contributed by atoms with Gasteiger partial charge in [-0.25, -0.2) is 0 Å². The summed E-state index contributed by atoms with van der Waals surface area (Å²) in [6.45, 7) is 5.97. The first kappa shape index (κ1) is 13.9. The van der Waals surface area contributed by atoms with Crippen LogP contribution in [-0.2, 0) is 4.74 Å². The van der Waals surface area contributed by atoms with Gasteiger partial charge in [0.15, 0.2) is 0 Å². The molecule has 2 heteroatoms. The van der Waals surface area contributed by atoms with Crippen LogP contribution in [0.1, 0.15) is 52.4 Å². The Morgan fingerprint density at radius 1 is 1.07 bits per heavy atom. The van der Waals surface area contributed by atoms with E-state index in [-0.39, 0.29) is 6.61 Å². The number of hydrogen-bond donors (Lipinski definition) is 1. The maximum atomic E-state index is 8.51. The van der Waals surface area contributed by atoms with E-state index in [4.69, 9.17) is 9.84 Å². The summed E-state index contributed by atoms with van der Waals surface area (Å²) in [5, 5.41) is 8.51. The molecule has 0 saturated heterocycles. The van der Waals surface area contributed by atoms with Crippen molar-refractivity contribution < 1.29 is 9.84 Å². The average Bonchev–Trinajstić information content (AvgIpc) is 2.22. The van der Waals surface area contributed by atoms with Crippen molar-refractivity contribution in [2.75, 3.05) is 19.8 Å². The average molecular weight is 202 g/mol. The fourth-order valence-electron chi connectivity index (χ4n) is 1.69. The van der Waals surface area contributed by atoms with E-state index in [1.54, 1.807) is 0 Å². The van der Waals surface area contributed by atoms with Crippen LogP contribution in [0.25, 0.3) is 0 Å². The van der Waals surface area contributed by atoms with Gasteiger partial charge in [0.25, 0.3) is 0 Å². The van der Waals surface area contributed by atoms with Gasteiger partial charge in [0.2, 0.25) is 0 Å². The first-order chi connectivity index (χ1) is 6.85. The van der Waals surface area contributed by atoms with Gasteiger partial charge in [0.05, 0.1) is 13.2 Å². The molecule has 0 aromatic heterocycles. The molecule has 2 nitrogen and oxygen atoms in total. The molecule has 0 fully saturated rings. The minimum atomic E-state index is 0.146. The monoisotopic (exact) mass is 202 g/mol. The Balaban J connectivity index is 3.24. The summed E-state index contributed by atoms with van der Waals surface area (Å²) >= 11 is 0. The van der Waals surface area contributed by atoms with Crippen LogP contribution in [0.15, 0.2) is 0 Å². The van der Waals surface area contributed by atoms with Crippen LogP contribution in [0.2, 0.25) is 0 Å². The number of aliphatic hydroxyl groups is 1. The largest absolute Gasteiger partial charge is 0.394 e. The molecule has 0 aromatic carbocycles. The van der Waals surface area contributed by atoms with E-state index >= 15 is 0 Å². The predicted molar refractivity (Wildman–Crippen MR) is 60.4 cm³/mol. The molecule has 0 aliphatic rings. The van der Waals surface area contributed by atoms with Gasteiger partial charge in [-0.15, -0.1) is 0 Å². The summed E-state index contributed by atoms with van der Waals surface area (Å²) in [7, 11) is 0. The highest BCUT2D eigenvalue weighted by atomic mass is 16.5. The van der Waals surface area contributed by atoms with Crippen LogP contribution in [-0.4, -0.2) is 24.9 Å². The zero-order valence-corrected chi connectivity index (χ0v) is 9.80. The Morgan fingerprint density at radius 3 is 2.36 bits per heavy atom. The number of aliphatic hydroxyl groups excluding tert-OH is 1. The van der Waals surface area contributed by atoms with Crippen molar-refractivity contribution in [3.8, 4) is 0 Å². The van der Waals surface area contributed by atoms with Crippen LogP contribution >= 0.6 is 0 Å². The second kappa shape index (κ2) is 11.0. The first-order valence-corrected chi connectivity index (χ1v) is 6.03. The fraction of sp³-hybridized carbons (Fsp3) is 1.00. The molecular formula is C12H26O2. The molecular weight excluding hydrogens is 176 g/mol. The van der Waals surface area contributed by atoms with Crippen molar-refractivity contribution >= 4 is 0 Å². The molecule has 0 radical (unpaired) electrons. The highest BCUT2D eigenvalue weighted by molar-refractivity contribution is 4.57. The Bertz CT molecular complexity index is 104. The molecule has 0 aliphatic carbocycles. The van der Waals surface area contributed by atoms with Gasteiger partial charge < -0.3 is 9.84 Å². The van der Waals surface area contributed by atoms with Gasteiger partial charge in [-0.3, -0.25) is 0 Å². The second-order valence-electron chi connectivity index (χ2n) is 3.89. The van der Waals surface area contributed by atoms with Crippen LogP contribution < -0.4 is 0 Å². The summed E-state index contributed by atoms with van der Waals surface area (Å²) in [6, 6.07) is 0.